The van der Waals surface area contributed by atoms with Crippen molar-refractivity contribution in [2.45, 2.75) is 59.2 Å². The van der Waals surface area contributed by atoms with Gasteiger partial charge in [0.25, 0.3) is 0 Å². The Morgan fingerprint density at radius 3 is 2.67 bits per heavy atom. The number of Topliss-reactive ketones (excluding diaryl/α,β-unsaturated/α-hetero) is 1. The van der Waals surface area contributed by atoms with Gasteiger partial charge in [0.2, 0.25) is 0 Å². The maximum absolute atomic E-state index is 11.9. The number of ether oxygens (including phenoxy) is 1. The quantitative estimate of drug-likeness (QED) is 0.700. The van der Waals surface area contributed by atoms with Gasteiger partial charge >= 0.3 is 0 Å². The monoisotopic (exact) mass is 210 g/mol. The zero-order valence-electron chi connectivity index (χ0n) is 10.2. The molecule has 2 fully saturated rings. The number of ketones is 1. The average Bonchev–Trinajstić information content (AvgIpc) is 2.65. The highest BCUT2D eigenvalue weighted by atomic mass is 16.5. The van der Waals surface area contributed by atoms with E-state index in [1.807, 2.05) is 0 Å². The molecule has 2 aliphatic rings. The summed E-state index contributed by atoms with van der Waals surface area (Å²) in [6.45, 7) is 8.24. The number of fused-ring (bicyclic) bond motifs is 1. The third kappa shape index (κ3) is 1.37. The standard InChI is InChI=1S/C13H22O2/c1-8(2)12-11-6-5-7-13(11,9(3)14)10(4)15-12/h8,10-12H,5-7H2,1-4H3/t10-,11-,12-,13-/m1/s1. The molecule has 1 saturated heterocycles. The first-order valence-corrected chi connectivity index (χ1v) is 6.16. The first-order chi connectivity index (χ1) is 7.00. The van der Waals surface area contributed by atoms with Crippen molar-refractivity contribution >= 4 is 5.78 Å². The molecule has 0 unspecified atom stereocenters. The van der Waals surface area contributed by atoms with Crippen molar-refractivity contribution in [1.29, 1.82) is 0 Å². The molecule has 1 heterocycles. The molecule has 0 aromatic carbocycles. The Kier molecular flexibility index (Phi) is 2.66. The number of hydrogen-bond acceptors (Lipinski definition) is 2. The number of carbonyl (C=O) groups is 1. The lowest BCUT2D eigenvalue weighted by Gasteiger charge is -2.29. The van der Waals surface area contributed by atoms with E-state index in [4.69, 9.17) is 4.74 Å². The molecule has 2 rings (SSSR count). The van der Waals surface area contributed by atoms with Gasteiger partial charge in [-0.05, 0) is 32.6 Å². The zero-order chi connectivity index (χ0) is 11.2. The van der Waals surface area contributed by atoms with Gasteiger partial charge in [-0.2, -0.15) is 0 Å². The zero-order valence-corrected chi connectivity index (χ0v) is 10.2. The molecule has 0 amide bonds. The second-order valence-corrected chi connectivity index (χ2v) is 5.58. The van der Waals surface area contributed by atoms with E-state index in [0.29, 0.717) is 23.7 Å². The summed E-state index contributed by atoms with van der Waals surface area (Å²) in [7, 11) is 0. The number of carbonyl (C=O) groups excluding carboxylic acids is 1. The third-order valence-electron chi connectivity index (χ3n) is 4.56. The van der Waals surface area contributed by atoms with Gasteiger partial charge in [-0.25, -0.2) is 0 Å². The van der Waals surface area contributed by atoms with Gasteiger partial charge < -0.3 is 4.74 Å². The molecule has 1 aliphatic heterocycles. The van der Waals surface area contributed by atoms with Crippen molar-refractivity contribution in [3.63, 3.8) is 0 Å². The van der Waals surface area contributed by atoms with Crippen molar-refractivity contribution in [1.82, 2.24) is 0 Å². The Balaban J connectivity index is 2.33. The van der Waals surface area contributed by atoms with Crippen LogP contribution in [0.4, 0.5) is 0 Å². The van der Waals surface area contributed by atoms with Crippen molar-refractivity contribution < 1.29 is 9.53 Å². The molecule has 0 radical (unpaired) electrons. The van der Waals surface area contributed by atoms with Crippen LogP contribution >= 0.6 is 0 Å². The van der Waals surface area contributed by atoms with Crippen LogP contribution in [0.25, 0.3) is 0 Å². The summed E-state index contributed by atoms with van der Waals surface area (Å²) < 4.78 is 6.03. The second-order valence-electron chi connectivity index (χ2n) is 5.58. The Labute approximate surface area is 92.4 Å². The summed E-state index contributed by atoms with van der Waals surface area (Å²) in [4.78, 5) is 11.9. The van der Waals surface area contributed by atoms with E-state index in [9.17, 15) is 4.79 Å². The molecule has 15 heavy (non-hydrogen) atoms. The highest BCUT2D eigenvalue weighted by Gasteiger charge is 2.59. The Bertz CT molecular complexity index is 272. The molecule has 2 heteroatoms. The van der Waals surface area contributed by atoms with Crippen LogP contribution < -0.4 is 0 Å². The van der Waals surface area contributed by atoms with Crippen LogP contribution in [0.2, 0.25) is 0 Å². The molecule has 0 aromatic rings. The summed E-state index contributed by atoms with van der Waals surface area (Å²) in [5.41, 5.74) is -0.144. The minimum Gasteiger partial charge on any atom is -0.374 e. The van der Waals surface area contributed by atoms with Gasteiger partial charge in [-0.1, -0.05) is 20.3 Å². The van der Waals surface area contributed by atoms with Crippen LogP contribution in [0.3, 0.4) is 0 Å². The largest absolute Gasteiger partial charge is 0.374 e. The minimum atomic E-state index is -0.144. The first kappa shape index (κ1) is 11.1. The highest BCUT2D eigenvalue weighted by molar-refractivity contribution is 5.84. The molecule has 2 nitrogen and oxygen atoms in total. The number of rotatable bonds is 2. The molecule has 0 spiro atoms. The predicted molar refractivity (Wildman–Crippen MR) is 59.6 cm³/mol. The molecule has 86 valence electrons. The van der Waals surface area contributed by atoms with Crippen LogP contribution in [-0.2, 0) is 9.53 Å². The Morgan fingerprint density at radius 1 is 1.47 bits per heavy atom. The van der Waals surface area contributed by atoms with E-state index in [-0.39, 0.29) is 11.5 Å². The molecule has 0 aromatic heterocycles. The molecule has 4 atom stereocenters. The van der Waals surface area contributed by atoms with Gasteiger partial charge in [0, 0.05) is 5.92 Å². The Hall–Kier alpha value is -0.370. The summed E-state index contributed by atoms with van der Waals surface area (Å²) in [5.74, 6) is 1.35. The third-order valence-corrected chi connectivity index (χ3v) is 4.56. The van der Waals surface area contributed by atoms with Crippen LogP contribution in [-0.4, -0.2) is 18.0 Å². The van der Waals surface area contributed by atoms with Crippen molar-refractivity contribution in [2.24, 2.45) is 17.3 Å². The lowest BCUT2D eigenvalue weighted by atomic mass is 9.70. The fraction of sp³-hybridized carbons (Fsp3) is 0.923. The fourth-order valence-corrected chi connectivity index (χ4v) is 3.82. The molecule has 0 N–H and O–H groups in total. The molecule has 1 aliphatic carbocycles. The summed E-state index contributed by atoms with van der Waals surface area (Å²) in [5, 5.41) is 0. The van der Waals surface area contributed by atoms with Crippen LogP contribution in [0.1, 0.15) is 47.0 Å². The van der Waals surface area contributed by atoms with E-state index in [1.54, 1.807) is 6.92 Å². The van der Waals surface area contributed by atoms with E-state index in [2.05, 4.69) is 20.8 Å². The van der Waals surface area contributed by atoms with Crippen molar-refractivity contribution in [2.75, 3.05) is 0 Å². The van der Waals surface area contributed by atoms with E-state index < -0.39 is 0 Å². The topological polar surface area (TPSA) is 26.3 Å². The number of hydrogen-bond donors (Lipinski definition) is 0. The normalized spacial score (nSPS) is 44.7. The summed E-state index contributed by atoms with van der Waals surface area (Å²) >= 11 is 0. The van der Waals surface area contributed by atoms with Gasteiger partial charge in [-0.3, -0.25) is 4.79 Å². The molecular formula is C13H22O2. The Morgan fingerprint density at radius 2 is 2.13 bits per heavy atom. The average molecular weight is 210 g/mol. The van der Waals surface area contributed by atoms with Crippen LogP contribution in [0.15, 0.2) is 0 Å². The summed E-state index contributed by atoms with van der Waals surface area (Å²) in [6.07, 6.45) is 3.83. The van der Waals surface area contributed by atoms with Crippen molar-refractivity contribution in [3.8, 4) is 0 Å². The minimum absolute atomic E-state index is 0.120. The van der Waals surface area contributed by atoms with Gasteiger partial charge in [0.1, 0.15) is 5.78 Å². The summed E-state index contributed by atoms with van der Waals surface area (Å²) in [6, 6.07) is 0. The first-order valence-electron chi connectivity index (χ1n) is 6.16. The molecule has 1 saturated carbocycles. The molecular weight excluding hydrogens is 188 g/mol. The van der Waals surface area contributed by atoms with Crippen LogP contribution in [0, 0.1) is 17.3 Å². The van der Waals surface area contributed by atoms with Crippen LogP contribution in [0.5, 0.6) is 0 Å². The van der Waals surface area contributed by atoms with E-state index in [1.165, 1.54) is 12.8 Å². The lowest BCUT2D eigenvalue weighted by Crippen LogP contribution is -2.38. The molecule has 0 bridgehead atoms. The lowest BCUT2D eigenvalue weighted by molar-refractivity contribution is -0.130. The smallest absolute Gasteiger partial charge is 0.138 e. The van der Waals surface area contributed by atoms with Gasteiger partial charge in [0.15, 0.2) is 0 Å². The van der Waals surface area contributed by atoms with Gasteiger partial charge in [0.05, 0.1) is 17.6 Å². The van der Waals surface area contributed by atoms with Gasteiger partial charge in [-0.15, -0.1) is 0 Å². The highest BCUT2D eigenvalue weighted by Crippen LogP contribution is 2.56. The predicted octanol–water partition coefficient (Wildman–Crippen LogP) is 2.81. The van der Waals surface area contributed by atoms with Crippen molar-refractivity contribution in [3.05, 3.63) is 0 Å². The fourth-order valence-electron chi connectivity index (χ4n) is 3.82. The maximum atomic E-state index is 11.9. The van der Waals surface area contributed by atoms with E-state index >= 15 is 0 Å². The SMILES string of the molecule is CC(=O)[C@@]12CCC[C@@H]1[C@@H](C(C)C)O[C@@H]2C. The second kappa shape index (κ2) is 3.58. The van der Waals surface area contributed by atoms with E-state index in [0.717, 1.165) is 6.42 Å². The maximum Gasteiger partial charge on any atom is 0.138 e.